The predicted octanol–water partition coefficient (Wildman–Crippen LogP) is 9.96. The highest BCUT2D eigenvalue weighted by Crippen LogP contribution is 2.31. The van der Waals surface area contributed by atoms with Gasteiger partial charge in [-0.05, 0) is 43.9 Å². The molecule has 0 radical (unpaired) electrons. The Morgan fingerprint density at radius 2 is 1.14 bits per heavy atom. The summed E-state index contributed by atoms with van der Waals surface area (Å²) in [6, 6.07) is 0. The van der Waals surface area contributed by atoms with E-state index in [0.717, 1.165) is 0 Å². The first-order chi connectivity index (χ1) is 16.7. The van der Waals surface area contributed by atoms with Crippen LogP contribution in [0.15, 0.2) is 120 Å². The number of hydrogen-bond acceptors (Lipinski definition) is 2. The quantitative estimate of drug-likeness (QED) is 0.132. The van der Waals surface area contributed by atoms with E-state index >= 15 is 0 Å². The molecule has 1 unspecified atom stereocenters. The minimum absolute atomic E-state index is 0.0115. The van der Waals surface area contributed by atoms with Crippen molar-refractivity contribution >= 4 is 0 Å². The van der Waals surface area contributed by atoms with Gasteiger partial charge in [-0.3, -0.25) is 0 Å². The highest BCUT2D eigenvalue weighted by Gasteiger charge is 2.17. The van der Waals surface area contributed by atoms with Gasteiger partial charge in [0.05, 0.1) is 12.7 Å². The van der Waals surface area contributed by atoms with Gasteiger partial charge < -0.3 is 9.47 Å². The molecule has 0 aromatic carbocycles. The summed E-state index contributed by atoms with van der Waals surface area (Å²) in [5.74, 6) is -5.50. The molecule has 0 saturated heterocycles. The largest absolute Gasteiger partial charge is 0.491 e. The van der Waals surface area contributed by atoms with Crippen molar-refractivity contribution in [3.05, 3.63) is 120 Å². The van der Waals surface area contributed by atoms with Crippen molar-refractivity contribution in [2.45, 2.75) is 53.6 Å². The Morgan fingerprint density at radius 1 is 0.750 bits per heavy atom. The van der Waals surface area contributed by atoms with Gasteiger partial charge in [-0.25, -0.2) is 13.2 Å². The molecule has 0 aliphatic carbocycles. The molecule has 200 valence electrons. The first-order valence-electron chi connectivity index (χ1n) is 11.5. The molecule has 0 N–H and O–H groups in total. The molecule has 0 aromatic rings. The molecule has 2 nitrogen and oxygen atoms in total. The van der Waals surface area contributed by atoms with E-state index in [2.05, 4.69) is 53.3 Å². The van der Waals surface area contributed by atoms with Gasteiger partial charge in [0.15, 0.2) is 23.2 Å². The molecule has 1 atom stereocenters. The Morgan fingerprint density at radius 3 is 1.53 bits per heavy atom. The van der Waals surface area contributed by atoms with Gasteiger partial charge in [-0.1, -0.05) is 78.0 Å². The maximum Gasteiger partial charge on any atom is 0.200 e. The molecule has 0 saturated carbocycles. The minimum Gasteiger partial charge on any atom is -0.491 e. The zero-order chi connectivity index (χ0) is 28.6. The normalized spacial score (nSPS) is 13.6. The van der Waals surface area contributed by atoms with Gasteiger partial charge >= 0.3 is 0 Å². The van der Waals surface area contributed by atoms with E-state index in [4.69, 9.17) is 9.47 Å². The van der Waals surface area contributed by atoms with Gasteiger partial charge in [-0.2, -0.15) is 4.39 Å². The second-order valence-corrected chi connectivity index (χ2v) is 7.81. The standard InChI is InChI=1S/C27H32F4O2.C3H8/c1-11-33-23(9)27(31)26(30)22(8)17(3)13-12-16(2)20(6)24(28)25(29)21(7)18(4)14-15-19(5)32-10;1-3-2/h12-14,19H,2-3,6-9,11,15H2,1,4-5,10H3;3H2,1-2H3/b13-12-,18-14+,25-24-,27-26-;. The zero-order valence-electron chi connectivity index (χ0n) is 22.5. The van der Waals surface area contributed by atoms with Gasteiger partial charge in [0.25, 0.3) is 0 Å². The minimum atomic E-state index is -1.31. The average molecular weight is 509 g/mol. The summed E-state index contributed by atoms with van der Waals surface area (Å²) >= 11 is 0. The third-order valence-corrected chi connectivity index (χ3v) is 4.64. The lowest BCUT2D eigenvalue weighted by Crippen LogP contribution is -2.02. The number of ether oxygens (including phenoxy) is 2. The zero-order valence-corrected chi connectivity index (χ0v) is 22.5. The van der Waals surface area contributed by atoms with E-state index in [1.165, 1.54) is 18.6 Å². The van der Waals surface area contributed by atoms with Crippen LogP contribution in [-0.2, 0) is 9.47 Å². The molecule has 0 amide bonds. The van der Waals surface area contributed by atoms with Crippen LogP contribution in [0.3, 0.4) is 0 Å². The second kappa shape index (κ2) is 18.2. The van der Waals surface area contributed by atoms with Crippen LogP contribution in [0, 0.1) is 0 Å². The average Bonchev–Trinajstić information content (AvgIpc) is 2.86. The van der Waals surface area contributed by atoms with Crippen molar-refractivity contribution in [2.75, 3.05) is 13.7 Å². The first-order valence-corrected chi connectivity index (χ1v) is 11.5. The molecule has 0 heterocycles. The summed E-state index contributed by atoms with van der Waals surface area (Å²) in [4.78, 5) is 0. The molecule has 6 heteroatoms. The third kappa shape index (κ3) is 12.0. The van der Waals surface area contributed by atoms with Crippen LogP contribution >= 0.6 is 0 Å². The van der Waals surface area contributed by atoms with Crippen molar-refractivity contribution in [2.24, 2.45) is 0 Å². The fraction of sp³-hybridized carbons (Fsp3) is 0.333. The predicted molar refractivity (Wildman–Crippen MR) is 145 cm³/mol. The number of halogens is 4. The second-order valence-electron chi connectivity index (χ2n) is 7.81. The smallest absolute Gasteiger partial charge is 0.200 e. The fourth-order valence-electron chi connectivity index (χ4n) is 2.18. The Labute approximate surface area is 214 Å². The molecule has 0 aromatic heterocycles. The van der Waals surface area contributed by atoms with Crippen molar-refractivity contribution in [1.82, 2.24) is 0 Å². The fourth-order valence-corrected chi connectivity index (χ4v) is 2.18. The molecular weight excluding hydrogens is 468 g/mol. The Bertz CT molecular complexity index is 975. The molecule has 0 rings (SSSR count). The molecular formula is C30H40F4O2. The summed E-state index contributed by atoms with van der Waals surface area (Å²) < 4.78 is 67.3. The summed E-state index contributed by atoms with van der Waals surface area (Å²) in [7, 11) is 1.55. The third-order valence-electron chi connectivity index (χ3n) is 4.64. The molecule has 0 spiro atoms. The van der Waals surface area contributed by atoms with Crippen LogP contribution in [0.4, 0.5) is 17.6 Å². The molecule has 0 aliphatic heterocycles. The monoisotopic (exact) mass is 508 g/mol. The maximum atomic E-state index is 14.6. The van der Waals surface area contributed by atoms with E-state index in [9.17, 15) is 17.6 Å². The van der Waals surface area contributed by atoms with E-state index in [1.54, 1.807) is 27.0 Å². The van der Waals surface area contributed by atoms with Crippen LogP contribution in [0.2, 0.25) is 0 Å². The van der Waals surface area contributed by atoms with Crippen LogP contribution in [-0.4, -0.2) is 19.8 Å². The van der Waals surface area contributed by atoms with Crippen molar-refractivity contribution in [1.29, 1.82) is 0 Å². The number of rotatable bonds is 14. The molecule has 0 fully saturated rings. The maximum absolute atomic E-state index is 14.6. The molecule has 0 bridgehead atoms. The lowest BCUT2D eigenvalue weighted by Gasteiger charge is -2.10. The van der Waals surface area contributed by atoms with E-state index in [0.29, 0.717) is 12.0 Å². The van der Waals surface area contributed by atoms with Crippen molar-refractivity contribution < 1.29 is 27.0 Å². The van der Waals surface area contributed by atoms with E-state index in [1.807, 2.05) is 6.92 Å². The van der Waals surface area contributed by atoms with Gasteiger partial charge in [-0.15, -0.1) is 0 Å². The van der Waals surface area contributed by atoms with Crippen molar-refractivity contribution in [3.63, 3.8) is 0 Å². The molecule has 36 heavy (non-hydrogen) atoms. The van der Waals surface area contributed by atoms with Crippen LogP contribution in [0.25, 0.3) is 0 Å². The molecule has 0 aliphatic rings. The Balaban J connectivity index is 0. The summed E-state index contributed by atoms with van der Waals surface area (Å²) in [5, 5.41) is 0. The highest BCUT2D eigenvalue weighted by molar-refractivity contribution is 5.55. The van der Waals surface area contributed by atoms with Gasteiger partial charge in [0.2, 0.25) is 5.83 Å². The number of hydrogen-bond donors (Lipinski definition) is 0. The number of methoxy groups -OCH3 is 1. The van der Waals surface area contributed by atoms with E-state index < -0.39 is 29.1 Å². The SMILES string of the molecule is C=C(/C=C\C(=C)C(=C)/C(F)=C(/F)C(=C)/C(C)=C/CC(C)OC)C(=C)/C(F)=C(/F)C(=C)OCC.CCC. The highest BCUT2D eigenvalue weighted by atomic mass is 19.2. The van der Waals surface area contributed by atoms with Crippen LogP contribution in [0.5, 0.6) is 0 Å². The number of allylic oxidation sites excluding steroid dienone is 12. The summed E-state index contributed by atoms with van der Waals surface area (Å²) in [5.41, 5.74) is -0.436. The van der Waals surface area contributed by atoms with Crippen LogP contribution in [0.1, 0.15) is 47.5 Å². The Kier molecular flexibility index (Phi) is 17.7. The van der Waals surface area contributed by atoms with Crippen LogP contribution < -0.4 is 0 Å². The topological polar surface area (TPSA) is 18.5 Å². The lowest BCUT2D eigenvalue weighted by atomic mass is 10.0. The van der Waals surface area contributed by atoms with Gasteiger partial charge in [0.1, 0.15) is 0 Å². The lowest BCUT2D eigenvalue weighted by molar-refractivity contribution is 0.121. The van der Waals surface area contributed by atoms with Crippen molar-refractivity contribution in [3.8, 4) is 0 Å². The van der Waals surface area contributed by atoms with E-state index in [-0.39, 0.29) is 40.6 Å². The summed E-state index contributed by atoms with van der Waals surface area (Å²) in [6.07, 6.45) is 5.82. The summed E-state index contributed by atoms with van der Waals surface area (Å²) in [6.45, 7) is 30.4. The first kappa shape index (κ1) is 35.0. The van der Waals surface area contributed by atoms with Gasteiger partial charge in [0, 0.05) is 23.8 Å². The Hall–Kier alpha value is -3.12.